The first-order valence-corrected chi connectivity index (χ1v) is 13.8. The summed E-state index contributed by atoms with van der Waals surface area (Å²) in [5.74, 6) is 1.49. The average Bonchev–Trinajstić information content (AvgIpc) is 3.61. The van der Waals surface area contributed by atoms with Crippen molar-refractivity contribution in [2.24, 2.45) is 0 Å². The number of aromatic nitrogens is 3. The van der Waals surface area contributed by atoms with Crippen molar-refractivity contribution in [1.29, 1.82) is 5.26 Å². The van der Waals surface area contributed by atoms with Crippen molar-refractivity contribution in [3.8, 4) is 6.07 Å². The number of carbonyl (C=O) groups excluding carboxylic acids is 1. The molecule has 8 nitrogen and oxygen atoms in total. The van der Waals surface area contributed by atoms with E-state index in [0.29, 0.717) is 17.7 Å². The zero-order chi connectivity index (χ0) is 22.6. The first-order chi connectivity index (χ1) is 16.2. The number of fused-ring (bicyclic) bond motifs is 1. The number of hydrogen-bond donors (Lipinski definition) is 1. The number of hydrogen-bond acceptors (Lipinski definition) is 8. The van der Waals surface area contributed by atoms with E-state index in [9.17, 15) is 10.1 Å². The van der Waals surface area contributed by atoms with Gasteiger partial charge < -0.3 is 15.0 Å². The van der Waals surface area contributed by atoms with E-state index < -0.39 is 0 Å². The minimum Gasteiger partial charge on any atom is -0.376 e. The number of ether oxygens (including phenoxy) is 1. The molecule has 2 aromatic rings. The molecule has 1 amide bonds. The van der Waals surface area contributed by atoms with Gasteiger partial charge in [0.15, 0.2) is 5.16 Å². The summed E-state index contributed by atoms with van der Waals surface area (Å²) in [7, 11) is 0. The molecule has 5 rings (SSSR count). The van der Waals surface area contributed by atoms with Gasteiger partial charge in [-0.3, -0.25) is 9.36 Å². The maximum Gasteiger partial charge on any atom is 0.228 e. The van der Waals surface area contributed by atoms with Crippen molar-refractivity contribution in [1.82, 2.24) is 14.8 Å². The molecule has 0 bridgehead atoms. The third-order valence-electron chi connectivity index (χ3n) is 6.59. The largest absolute Gasteiger partial charge is 0.376 e. The Morgan fingerprint density at radius 1 is 1.21 bits per heavy atom. The second-order valence-corrected chi connectivity index (χ2v) is 11.1. The maximum absolute atomic E-state index is 12.7. The summed E-state index contributed by atoms with van der Waals surface area (Å²) in [6, 6.07) is 2.31. The summed E-state index contributed by atoms with van der Waals surface area (Å²) >= 11 is 3.15. The van der Waals surface area contributed by atoms with Crippen molar-refractivity contribution in [3.63, 3.8) is 0 Å². The molecule has 0 spiro atoms. The predicted molar refractivity (Wildman–Crippen MR) is 130 cm³/mol. The predicted octanol–water partition coefficient (Wildman–Crippen LogP) is 3.99. The summed E-state index contributed by atoms with van der Waals surface area (Å²) in [5.41, 5.74) is 1.82. The van der Waals surface area contributed by atoms with Crippen LogP contribution in [0.2, 0.25) is 0 Å². The van der Waals surface area contributed by atoms with Crippen molar-refractivity contribution in [3.05, 3.63) is 16.0 Å². The Balaban J connectivity index is 1.21. The molecule has 1 atom stereocenters. The van der Waals surface area contributed by atoms with E-state index in [0.717, 1.165) is 86.4 Å². The van der Waals surface area contributed by atoms with Gasteiger partial charge in [-0.1, -0.05) is 11.8 Å². The lowest BCUT2D eigenvalue weighted by Gasteiger charge is -2.20. The molecule has 1 unspecified atom stereocenters. The number of nitriles is 1. The SMILES string of the molecule is N#Cc1c(NC(=O)CCSc2nnc(N3CCCC3)n2CC2CCCO2)sc2c1CCCC2. The van der Waals surface area contributed by atoms with Crippen LogP contribution in [-0.4, -0.2) is 52.2 Å². The highest BCUT2D eigenvalue weighted by Crippen LogP contribution is 2.37. The van der Waals surface area contributed by atoms with E-state index in [1.165, 1.54) is 17.7 Å². The lowest BCUT2D eigenvalue weighted by atomic mass is 9.96. The molecule has 0 aromatic carbocycles. The van der Waals surface area contributed by atoms with Gasteiger partial charge in [-0.25, -0.2) is 0 Å². The van der Waals surface area contributed by atoms with E-state index >= 15 is 0 Å². The van der Waals surface area contributed by atoms with Gasteiger partial charge in [0.05, 0.1) is 18.2 Å². The topological polar surface area (TPSA) is 96.1 Å². The Labute approximate surface area is 202 Å². The first kappa shape index (κ1) is 22.7. The van der Waals surface area contributed by atoms with E-state index in [1.54, 1.807) is 23.1 Å². The molecule has 3 aliphatic rings. The zero-order valence-corrected chi connectivity index (χ0v) is 20.5. The van der Waals surface area contributed by atoms with Crippen LogP contribution in [0.3, 0.4) is 0 Å². The second-order valence-electron chi connectivity index (χ2n) is 8.90. The van der Waals surface area contributed by atoms with Crippen LogP contribution < -0.4 is 10.2 Å². The summed E-state index contributed by atoms with van der Waals surface area (Å²) < 4.78 is 8.06. The van der Waals surface area contributed by atoms with Gasteiger partial charge in [-0.2, -0.15) is 5.26 Å². The fourth-order valence-electron chi connectivity index (χ4n) is 4.89. The molecular weight excluding hydrogens is 456 g/mol. The number of thiophene rings is 1. The Hall–Kier alpha value is -2.09. The molecule has 2 fully saturated rings. The highest BCUT2D eigenvalue weighted by Gasteiger charge is 2.26. The molecule has 33 heavy (non-hydrogen) atoms. The normalized spacial score (nSPS) is 20.1. The van der Waals surface area contributed by atoms with Crippen molar-refractivity contribution >= 4 is 40.0 Å². The molecule has 0 radical (unpaired) electrons. The number of anilines is 2. The summed E-state index contributed by atoms with van der Waals surface area (Å²) in [5, 5.41) is 23.1. The molecule has 2 aromatic heterocycles. The fourth-order valence-corrected chi connectivity index (χ4v) is 7.02. The molecule has 4 heterocycles. The minimum absolute atomic E-state index is 0.0532. The molecular formula is C23H30N6O2S2. The molecule has 176 valence electrons. The van der Waals surface area contributed by atoms with Gasteiger partial charge in [-0.05, 0) is 56.9 Å². The highest BCUT2D eigenvalue weighted by atomic mass is 32.2. The van der Waals surface area contributed by atoms with Crippen LogP contribution >= 0.6 is 23.1 Å². The van der Waals surface area contributed by atoms with E-state index in [-0.39, 0.29) is 12.0 Å². The summed E-state index contributed by atoms with van der Waals surface area (Å²) in [4.78, 5) is 16.2. The molecule has 1 aliphatic carbocycles. The van der Waals surface area contributed by atoms with Crippen LogP contribution in [0.1, 0.15) is 60.9 Å². The van der Waals surface area contributed by atoms with Gasteiger partial charge >= 0.3 is 0 Å². The van der Waals surface area contributed by atoms with Gasteiger partial charge in [0.25, 0.3) is 0 Å². The van der Waals surface area contributed by atoms with Crippen molar-refractivity contribution in [2.45, 2.75) is 75.6 Å². The van der Waals surface area contributed by atoms with Gasteiger partial charge in [0, 0.05) is 36.7 Å². The Morgan fingerprint density at radius 3 is 2.85 bits per heavy atom. The van der Waals surface area contributed by atoms with E-state index in [2.05, 4.69) is 31.1 Å². The quantitative estimate of drug-likeness (QED) is 0.564. The minimum atomic E-state index is -0.0532. The van der Waals surface area contributed by atoms with Gasteiger partial charge in [0.1, 0.15) is 11.1 Å². The van der Waals surface area contributed by atoms with Gasteiger partial charge in [-0.15, -0.1) is 21.5 Å². The van der Waals surface area contributed by atoms with Crippen molar-refractivity contribution in [2.75, 3.05) is 35.7 Å². The van der Waals surface area contributed by atoms with Crippen LogP contribution in [0.4, 0.5) is 10.9 Å². The number of rotatable bonds is 8. The number of carbonyl (C=O) groups is 1. The van der Waals surface area contributed by atoms with Crippen LogP contribution in [-0.2, 0) is 28.9 Å². The highest BCUT2D eigenvalue weighted by molar-refractivity contribution is 7.99. The van der Waals surface area contributed by atoms with Crippen molar-refractivity contribution < 1.29 is 9.53 Å². The Bertz CT molecular complexity index is 1030. The lowest BCUT2D eigenvalue weighted by Crippen LogP contribution is -2.25. The maximum atomic E-state index is 12.7. The van der Waals surface area contributed by atoms with E-state index in [4.69, 9.17) is 4.74 Å². The Morgan fingerprint density at radius 2 is 2.06 bits per heavy atom. The summed E-state index contributed by atoms with van der Waals surface area (Å²) in [6.07, 6.45) is 9.35. The molecule has 0 saturated carbocycles. The third-order valence-corrected chi connectivity index (χ3v) is 8.77. The van der Waals surface area contributed by atoms with Crippen LogP contribution in [0.15, 0.2) is 5.16 Å². The monoisotopic (exact) mass is 486 g/mol. The Kier molecular flexibility index (Phi) is 7.19. The summed E-state index contributed by atoms with van der Waals surface area (Å²) in [6.45, 7) is 3.62. The van der Waals surface area contributed by atoms with Crippen LogP contribution in [0.25, 0.3) is 0 Å². The molecule has 2 aliphatic heterocycles. The molecule has 10 heteroatoms. The third kappa shape index (κ3) is 5.05. The lowest BCUT2D eigenvalue weighted by molar-refractivity contribution is -0.115. The average molecular weight is 487 g/mol. The zero-order valence-electron chi connectivity index (χ0n) is 18.8. The first-order valence-electron chi connectivity index (χ1n) is 12.0. The number of amides is 1. The molecule has 1 N–H and O–H groups in total. The smallest absolute Gasteiger partial charge is 0.228 e. The number of nitrogens with one attached hydrogen (secondary N) is 1. The second kappa shape index (κ2) is 10.5. The number of thioether (sulfide) groups is 1. The van der Waals surface area contributed by atoms with Crippen LogP contribution in [0.5, 0.6) is 0 Å². The standard InChI is InChI=1S/C23H30N6O2S2/c24-14-18-17-7-1-2-8-19(17)33-21(18)25-20(30)9-13-32-23-27-26-22(28-10-3-4-11-28)29(23)15-16-6-5-12-31-16/h16H,1-13,15H2,(H,25,30). The van der Waals surface area contributed by atoms with Crippen LogP contribution in [0, 0.1) is 11.3 Å². The number of nitrogens with zero attached hydrogens (tertiary/aromatic N) is 5. The van der Waals surface area contributed by atoms with E-state index in [1.807, 2.05) is 0 Å². The van der Waals surface area contributed by atoms with Gasteiger partial charge in [0.2, 0.25) is 11.9 Å². The molecule has 2 saturated heterocycles. The number of aryl methyl sites for hydroxylation is 1. The fraction of sp³-hybridized carbons (Fsp3) is 0.652.